The second-order valence-electron chi connectivity index (χ2n) is 4.83. The minimum absolute atomic E-state index is 0.0151. The van der Waals surface area contributed by atoms with Gasteiger partial charge in [-0.05, 0) is 23.6 Å². The minimum atomic E-state index is -0.447. The van der Waals surface area contributed by atoms with E-state index < -0.39 is 6.09 Å². The van der Waals surface area contributed by atoms with E-state index in [0.717, 1.165) is 16.7 Å². The van der Waals surface area contributed by atoms with Gasteiger partial charge in [0.2, 0.25) is 0 Å². The van der Waals surface area contributed by atoms with E-state index in [2.05, 4.69) is 5.32 Å². The van der Waals surface area contributed by atoms with Crippen molar-refractivity contribution in [1.29, 1.82) is 0 Å². The third-order valence-corrected chi connectivity index (χ3v) is 3.21. The number of benzene rings is 2. The molecule has 1 unspecified atom stereocenters. The van der Waals surface area contributed by atoms with E-state index in [4.69, 9.17) is 9.84 Å². The third-order valence-electron chi connectivity index (χ3n) is 3.21. The van der Waals surface area contributed by atoms with Crippen molar-refractivity contribution in [1.82, 2.24) is 5.32 Å². The van der Waals surface area contributed by atoms with Crippen LogP contribution in [-0.2, 0) is 18.0 Å². The van der Waals surface area contributed by atoms with Crippen LogP contribution in [-0.4, -0.2) is 11.2 Å². The van der Waals surface area contributed by atoms with E-state index in [-0.39, 0.29) is 19.3 Å². The van der Waals surface area contributed by atoms with E-state index in [0.29, 0.717) is 0 Å². The maximum absolute atomic E-state index is 11.7. The van der Waals surface area contributed by atoms with Crippen molar-refractivity contribution in [3.63, 3.8) is 0 Å². The van der Waals surface area contributed by atoms with Gasteiger partial charge in [0.1, 0.15) is 6.61 Å². The molecule has 2 aromatic carbocycles. The molecule has 0 bridgehead atoms. The van der Waals surface area contributed by atoms with Gasteiger partial charge in [0, 0.05) is 0 Å². The van der Waals surface area contributed by atoms with Crippen LogP contribution in [0.3, 0.4) is 0 Å². The van der Waals surface area contributed by atoms with Crippen LogP contribution in [0.15, 0.2) is 54.6 Å². The van der Waals surface area contributed by atoms with Gasteiger partial charge in [0.15, 0.2) is 0 Å². The Balaban J connectivity index is 1.83. The first-order chi connectivity index (χ1) is 10.2. The van der Waals surface area contributed by atoms with E-state index in [1.165, 1.54) is 0 Å². The maximum atomic E-state index is 11.7. The Morgan fingerprint density at radius 2 is 1.76 bits per heavy atom. The highest BCUT2D eigenvalue weighted by atomic mass is 16.5. The predicted molar refractivity (Wildman–Crippen MR) is 80.5 cm³/mol. The summed E-state index contributed by atoms with van der Waals surface area (Å²) in [5.41, 5.74) is 2.76. The molecule has 0 aliphatic rings. The zero-order chi connectivity index (χ0) is 15.1. The van der Waals surface area contributed by atoms with Crippen molar-refractivity contribution in [2.75, 3.05) is 0 Å². The highest BCUT2D eigenvalue weighted by Gasteiger charge is 2.10. The number of hydrogen-bond donors (Lipinski definition) is 2. The van der Waals surface area contributed by atoms with Crippen molar-refractivity contribution in [2.45, 2.75) is 26.2 Å². The summed E-state index contributed by atoms with van der Waals surface area (Å²) in [6.45, 7) is 2.15. The fourth-order valence-electron chi connectivity index (χ4n) is 1.94. The topological polar surface area (TPSA) is 58.6 Å². The zero-order valence-corrected chi connectivity index (χ0v) is 12.0. The smallest absolute Gasteiger partial charge is 0.407 e. The van der Waals surface area contributed by atoms with Gasteiger partial charge in [-0.15, -0.1) is 0 Å². The number of alkyl carbamates (subject to hydrolysis) is 1. The number of carbonyl (C=O) groups excluding carboxylic acids is 1. The third kappa shape index (κ3) is 4.61. The Bertz CT molecular complexity index is 566. The maximum Gasteiger partial charge on any atom is 0.407 e. The van der Waals surface area contributed by atoms with Crippen LogP contribution >= 0.6 is 0 Å². The Kier molecular flexibility index (Phi) is 5.35. The SMILES string of the molecule is CC(NC(=O)OCc1ccccc1)c1ccc(CO)cc1. The molecular weight excluding hydrogens is 266 g/mol. The summed E-state index contributed by atoms with van der Waals surface area (Å²) in [5, 5.41) is 11.8. The van der Waals surface area contributed by atoms with Crippen molar-refractivity contribution in [3.05, 3.63) is 71.3 Å². The van der Waals surface area contributed by atoms with Crippen LogP contribution in [0.4, 0.5) is 4.79 Å². The summed E-state index contributed by atoms with van der Waals surface area (Å²) in [5.74, 6) is 0. The fraction of sp³-hybridized carbons (Fsp3) is 0.235. The number of nitrogens with one attached hydrogen (secondary N) is 1. The number of aliphatic hydroxyl groups excluding tert-OH is 1. The minimum Gasteiger partial charge on any atom is -0.445 e. The Morgan fingerprint density at radius 3 is 2.38 bits per heavy atom. The lowest BCUT2D eigenvalue weighted by atomic mass is 10.1. The molecule has 4 heteroatoms. The van der Waals surface area contributed by atoms with Crippen molar-refractivity contribution in [2.24, 2.45) is 0 Å². The van der Waals surface area contributed by atoms with Gasteiger partial charge in [0.05, 0.1) is 12.6 Å². The largest absolute Gasteiger partial charge is 0.445 e. The van der Waals surface area contributed by atoms with Gasteiger partial charge in [0.25, 0.3) is 0 Å². The molecule has 0 aromatic heterocycles. The molecule has 0 spiro atoms. The van der Waals surface area contributed by atoms with Crippen LogP contribution < -0.4 is 5.32 Å². The number of amides is 1. The Morgan fingerprint density at radius 1 is 1.10 bits per heavy atom. The van der Waals surface area contributed by atoms with Crippen molar-refractivity contribution >= 4 is 6.09 Å². The lowest BCUT2D eigenvalue weighted by molar-refractivity contribution is 0.136. The first-order valence-electron chi connectivity index (χ1n) is 6.86. The van der Waals surface area contributed by atoms with Gasteiger partial charge in [-0.2, -0.15) is 0 Å². The first-order valence-corrected chi connectivity index (χ1v) is 6.86. The summed E-state index contributed by atoms with van der Waals surface area (Å²) >= 11 is 0. The van der Waals surface area contributed by atoms with Crippen LogP contribution in [0.1, 0.15) is 29.7 Å². The van der Waals surface area contributed by atoms with Crippen LogP contribution in [0.25, 0.3) is 0 Å². The van der Waals surface area contributed by atoms with Crippen molar-refractivity contribution < 1.29 is 14.6 Å². The number of ether oxygens (including phenoxy) is 1. The first kappa shape index (κ1) is 15.1. The van der Waals surface area contributed by atoms with E-state index in [1.54, 1.807) is 0 Å². The highest BCUT2D eigenvalue weighted by molar-refractivity contribution is 5.67. The lowest BCUT2D eigenvalue weighted by Gasteiger charge is -2.14. The molecule has 2 aromatic rings. The standard InChI is InChI=1S/C17H19NO3/c1-13(16-9-7-14(11-19)8-10-16)18-17(20)21-12-15-5-3-2-4-6-15/h2-10,13,19H,11-12H2,1H3,(H,18,20). The molecule has 4 nitrogen and oxygen atoms in total. The second-order valence-corrected chi connectivity index (χ2v) is 4.83. The molecular formula is C17H19NO3. The number of rotatable bonds is 5. The van der Waals surface area contributed by atoms with Crippen LogP contribution in [0.5, 0.6) is 0 Å². The summed E-state index contributed by atoms with van der Waals surface area (Å²) in [4.78, 5) is 11.7. The van der Waals surface area contributed by atoms with Gasteiger partial charge in [-0.3, -0.25) is 0 Å². The summed E-state index contributed by atoms with van der Waals surface area (Å²) < 4.78 is 5.18. The molecule has 0 aliphatic heterocycles. The van der Waals surface area contributed by atoms with E-state index in [1.807, 2.05) is 61.5 Å². The highest BCUT2D eigenvalue weighted by Crippen LogP contribution is 2.13. The van der Waals surface area contributed by atoms with E-state index in [9.17, 15) is 4.79 Å². The normalized spacial score (nSPS) is 11.7. The molecule has 0 heterocycles. The van der Waals surface area contributed by atoms with Gasteiger partial charge in [-0.1, -0.05) is 54.6 Å². The van der Waals surface area contributed by atoms with Gasteiger partial charge in [-0.25, -0.2) is 4.79 Å². The molecule has 1 atom stereocenters. The lowest BCUT2D eigenvalue weighted by Crippen LogP contribution is -2.27. The summed E-state index contributed by atoms with van der Waals surface area (Å²) in [6, 6.07) is 16.8. The van der Waals surface area contributed by atoms with Gasteiger partial charge >= 0.3 is 6.09 Å². The van der Waals surface area contributed by atoms with Gasteiger partial charge < -0.3 is 15.2 Å². The Labute approximate surface area is 124 Å². The molecule has 0 aliphatic carbocycles. The molecule has 110 valence electrons. The van der Waals surface area contributed by atoms with Crippen LogP contribution in [0, 0.1) is 0 Å². The van der Waals surface area contributed by atoms with Crippen molar-refractivity contribution in [3.8, 4) is 0 Å². The molecule has 0 fully saturated rings. The molecule has 0 saturated carbocycles. The average molecular weight is 285 g/mol. The quantitative estimate of drug-likeness (QED) is 0.887. The fourth-order valence-corrected chi connectivity index (χ4v) is 1.94. The number of carbonyl (C=O) groups is 1. The molecule has 2 N–H and O–H groups in total. The number of aliphatic hydroxyl groups is 1. The second kappa shape index (κ2) is 7.45. The summed E-state index contributed by atoms with van der Waals surface area (Å²) in [6.07, 6.45) is -0.447. The molecule has 2 rings (SSSR count). The number of hydrogen-bond acceptors (Lipinski definition) is 3. The van der Waals surface area contributed by atoms with Crippen LogP contribution in [0.2, 0.25) is 0 Å². The monoisotopic (exact) mass is 285 g/mol. The van der Waals surface area contributed by atoms with E-state index >= 15 is 0 Å². The molecule has 21 heavy (non-hydrogen) atoms. The average Bonchev–Trinajstić information content (AvgIpc) is 2.54. The predicted octanol–water partition coefficient (Wildman–Crippen LogP) is 3.17. The summed E-state index contributed by atoms with van der Waals surface area (Å²) in [7, 11) is 0. The molecule has 0 radical (unpaired) electrons. The zero-order valence-electron chi connectivity index (χ0n) is 12.0. The molecule has 0 saturated heterocycles. The Hall–Kier alpha value is -2.33. The molecule has 1 amide bonds.